The molecular formula is C30H39BrO5. The van der Waals surface area contributed by atoms with Crippen LogP contribution in [0.15, 0.2) is 40.9 Å². The first-order valence-corrected chi connectivity index (χ1v) is 14.0. The zero-order valence-electron chi connectivity index (χ0n) is 21.8. The van der Waals surface area contributed by atoms with Crippen LogP contribution in [0.25, 0.3) is 0 Å². The predicted octanol–water partition coefficient (Wildman–Crippen LogP) is 6.11. The van der Waals surface area contributed by atoms with Crippen LogP contribution in [0.3, 0.4) is 0 Å². The highest BCUT2D eigenvalue weighted by Gasteiger charge is 2.57. The van der Waals surface area contributed by atoms with E-state index in [9.17, 15) is 9.90 Å². The van der Waals surface area contributed by atoms with E-state index in [0.717, 1.165) is 30.2 Å². The maximum Gasteiger partial charge on any atom is 0.338 e. The van der Waals surface area contributed by atoms with Crippen molar-refractivity contribution < 1.29 is 24.1 Å². The largest absolute Gasteiger partial charge is 0.458 e. The van der Waals surface area contributed by atoms with E-state index < -0.39 is 11.9 Å². The summed E-state index contributed by atoms with van der Waals surface area (Å²) in [6.45, 7) is 9.70. The lowest BCUT2D eigenvalue weighted by molar-refractivity contribution is -0.298. The maximum atomic E-state index is 12.9. The van der Waals surface area contributed by atoms with E-state index in [1.807, 2.05) is 32.0 Å². The number of benzene rings is 1. The summed E-state index contributed by atoms with van der Waals surface area (Å²) in [5.74, 6) is 5.87. The molecule has 4 rings (SSSR count). The number of carbonyl (C=O) groups is 1. The lowest BCUT2D eigenvalue weighted by Crippen LogP contribution is -2.46. The van der Waals surface area contributed by atoms with Gasteiger partial charge in [-0.05, 0) is 36.3 Å². The summed E-state index contributed by atoms with van der Waals surface area (Å²) >= 11 is 3.66. The van der Waals surface area contributed by atoms with Gasteiger partial charge in [-0.25, -0.2) is 4.79 Å². The lowest BCUT2D eigenvalue weighted by Gasteiger charge is -2.42. The minimum Gasteiger partial charge on any atom is -0.458 e. The second-order valence-corrected chi connectivity index (χ2v) is 12.4. The summed E-state index contributed by atoms with van der Waals surface area (Å²) in [5, 5.41) is 11.0. The van der Waals surface area contributed by atoms with Gasteiger partial charge in [0.1, 0.15) is 6.10 Å². The van der Waals surface area contributed by atoms with E-state index in [-0.39, 0.29) is 35.2 Å². The van der Waals surface area contributed by atoms with E-state index in [0.29, 0.717) is 31.1 Å². The van der Waals surface area contributed by atoms with E-state index in [1.54, 1.807) is 12.1 Å². The summed E-state index contributed by atoms with van der Waals surface area (Å²) in [4.78, 5) is 12.9. The van der Waals surface area contributed by atoms with E-state index in [4.69, 9.17) is 14.2 Å². The van der Waals surface area contributed by atoms with Crippen LogP contribution in [-0.4, -0.2) is 42.3 Å². The van der Waals surface area contributed by atoms with Gasteiger partial charge < -0.3 is 19.3 Å². The van der Waals surface area contributed by atoms with Crippen LogP contribution < -0.4 is 0 Å². The van der Waals surface area contributed by atoms with Crippen molar-refractivity contribution in [3.8, 4) is 11.8 Å². The van der Waals surface area contributed by atoms with Crippen LogP contribution in [0.2, 0.25) is 0 Å². The minimum absolute atomic E-state index is 0.0138. The van der Waals surface area contributed by atoms with Crippen molar-refractivity contribution in [1.29, 1.82) is 0 Å². The van der Waals surface area contributed by atoms with E-state index in [2.05, 4.69) is 47.7 Å². The van der Waals surface area contributed by atoms with E-state index in [1.165, 1.54) is 0 Å². The van der Waals surface area contributed by atoms with E-state index >= 15 is 0 Å². The molecule has 6 atom stereocenters. The Hall–Kier alpha value is -1.65. The molecule has 1 aliphatic heterocycles. The molecule has 5 nitrogen and oxygen atoms in total. The number of fused-ring (bicyclic) bond motifs is 1. The highest BCUT2D eigenvalue weighted by Crippen LogP contribution is 2.56. The van der Waals surface area contributed by atoms with Crippen molar-refractivity contribution in [2.45, 2.75) is 77.8 Å². The number of aliphatic hydroxyl groups is 1. The molecule has 0 unspecified atom stereocenters. The average Bonchev–Trinajstić information content (AvgIpc) is 3.36. The van der Waals surface area contributed by atoms with Crippen LogP contribution in [-0.2, 0) is 14.2 Å². The third kappa shape index (κ3) is 6.25. The standard InChI is InChI=1S/C30H39BrO5/c1-5-6-8-11-20(2)27(32)25(31)15-23-24-17-30(34-18-29(3,4)19-35-30)16-22(24)14-26(23)36-28(33)21-12-9-7-10-13-21/h7,9-10,12-13,15,20,22-24,26-27,32H,5,11,14,16-19H2,1-4H3/b25-15-/t20-,22+,23+,24-,26+,27+/m0/s1. The fraction of sp³-hybridized carbons (Fsp3) is 0.633. The Balaban J connectivity index is 1.53. The van der Waals surface area contributed by atoms with Gasteiger partial charge in [0.25, 0.3) is 0 Å². The van der Waals surface area contributed by atoms with Gasteiger partial charge in [-0.15, -0.1) is 11.8 Å². The molecule has 36 heavy (non-hydrogen) atoms. The topological polar surface area (TPSA) is 65.0 Å². The number of esters is 1. The van der Waals surface area contributed by atoms with Crippen LogP contribution in [0.5, 0.6) is 0 Å². The first kappa shape index (κ1) is 27.4. The van der Waals surface area contributed by atoms with Crippen molar-refractivity contribution in [1.82, 2.24) is 0 Å². The van der Waals surface area contributed by atoms with Gasteiger partial charge in [0.05, 0.1) is 24.9 Å². The molecule has 1 saturated heterocycles. The number of ether oxygens (including phenoxy) is 3. The second-order valence-electron chi connectivity index (χ2n) is 11.5. The predicted molar refractivity (Wildman–Crippen MR) is 143 cm³/mol. The van der Waals surface area contributed by atoms with Crippen molar-refractivity contribution in [2.24, 2.45) is 29.1 Å². The number of hydrogen-bond donors (Lipinski definition) is 1. The molecule has 1 spiro atoms. The Morgan fingerprint density at radius 3 is 2.58 bits per heavy atom. The van der Waals surface area contributed by atoms with Crippen molar-refractivity contribution in [2.75, 3.05) is 13.2 Å². The monoisotopic (exact) mass is 558 g/mol. The molecule has 3 aliphatic rings. The zero-order valence-corrected chi connectivity index (χ0v) is 23.4. The Morgan fingerprint density at radius 2 is 1.92 bits per heavy atom. The van der Waals surface area contributed by atoms with Crippen LogP contribution in [0.1, 0.15) is 70.2 Å². The Labute approximate surface area is 224 Å². The summed E-state index contributed by atoms with van der Waals surface area (Å²) < 4.78 is 19.5. The number of halogens is 1. The number of carbonyl (C=O) groups excluding carboxylic acids is 1. The molecule has 1 N–H and O–H groups in total. The molecule has 1 aromatic carbocycles. The van der Waals surface area contributed by atoms with Crippen molar-refractivity contribution >= 4 is 21.9 Å². The molecule has 6 heteroatoms. The van der Waals surface area contributed by atoms with Crippen molar-refractivity contribution in [3.63, 3.8) is 0 Å². The fourth-order valence-corrected chi connectivity index (χ4v) is 6.49. The van der Waals surface area contributed by atoms with Crippen LogP contribution >= 0.6 is 15.9 Å². The van der Waals surface area contributed by atoms with Gasteiger partial charge in [0.2, 0.25) is 0 Å². The summed E-state index contributed by atoms with van der Waals surface area (Å²) in [6, 6.07) is 9.13. The van der Waals surface area contributed by atoms with Crippen LogP contribution in [0.4, 0.5) is 0 Å². The normalized spacial score (nSPS) is 30.2. The fourth-order valence-electron chi connectivity index (χ4n) is 5.73. The highest BCUT2D eigenvalue weighted by atomic mass is 79.9. The van der Waals surface area contributed by atoms with Gasteiger partial charge in [-0.1, -0.05) is 67.9 Å². The van der Waals surface area contributed by atoms with Gasteiger partial charge in [-0.2, -0.15) is 0 Å². The molecule has 2 saturated carbocycles. The molecule has 1 aromatic rings. The lowest BCUT2D eigenvalue weighted by atomic mass is 9.89. The maximum absolute atomic E-state index is 12.9. The summed E-state index contributed by atoms with van der Waals surface area (Å²) in [7, 11) is 0. The molecular weight excluding hydrogens is 520 g/mol. The molecule has 0 aromatic heterocycles. The summed E-state index contributed by atoms with van der Waals surface area (Å²) in [6.07, 6.45) is 4.91. The first-order chi connectivity index (χ1) is 17.1. The summed E-state index contributed by atoms with van der Waals surface area (Å²) in [5.41, 5.74) is 0.567. The molecule has 196 valence electrons. The molecule has 1 heterocycles. The number of rotatable bonds is 6. The third-order valence-electron chi connectivity index (χ3n) is 7.80. The molecule has 0 bridgehead atoms. The zero-order chi connectivity index (χ0) is 25.9. The number of aliphatic hydroxyl groups excluding tert-OH is 1. The third-order valence-corrected chi connectivity index (χ3v) is 8.54. The Bertz CT molecular complexity index is 997. The molecule has 2 aliphatic carbocycles. The van der Waals surface area contributed by atoms with Crippen LogP contribution in [0, 0.1) is 40.9 Å². The SMILES string of the molecule is CCC#CC[C@H](C)[C@@H](O)/C(Br)=C/[C@@H]1[C@H]2CC3(C[C@H]2C[C@H]1OC(=O)c1ccccc1)OCC(C)(C)CO3. The first-order valence-electron chi connectivity index (χ1n) is 13.2. The quantitative estimate of drug-likeness (QED) is 0.337. The van der Waals surface area contributed by atoms with Crippen molar-refractivity contribution in [3.05, 3.63) is 46.5 Å². The van der Waals surface area contributed by atoms with Gasteiger partial charge in [-0.3, -0.25) is 0 Å². The minimum atomic E-state index is -0.668. The van der Waals surface area contributed by atoms with Gasteiger partial charge in [0, 0.05) is 41.5 Å². The smallest absolute Gasteiger partial charge is 0.338 e. The Kier molecular flexibility index (Phi) is 8.67. The number of hydrogen-bond acceptors (Lipinski definition) is 5. The van der Waals surface area contributed by atoms with Gasteiger partial charge >= 0.3 is 5.97 Å². The highest BCUT2D eigenvalue weighted by molar-refractivity contribution is 9.11. The molecule has 0 radical (unpaired) electrons. The second kappa shape index (κ2) is 11.4. The average molecular weight is 560 g/mol. The van der Waals surface area contributed by atoms with Gasteiger partial charge in [0.15, 0.2) is 5.79 Å². The molecule has 0 amide bonds. The Morgan fingerprint density at radius 1 is 1.22 bits per heavy atom. The molecule has 3 fully saturated rings.